The number of benzene rings is 1. The van der Waals surface area contributed by atoms with E-state index in [4.69, 9.17) is 4.52 Å². The van der Waals surface area contributed by atoms with Crippen LogP contribution in [-0.2, 0) is 0 Å². The SMILES string of the molecule is Cc1cc(C2CCCN2C(=O)Nc2nc3ccccc3s2)on1. The average molecular weight is 328 g/mol. The number of para-hydroxylation sites is 1. The zero-order chi connectivity index (χ0) is 15.8. The number of aryl methyl sites for hydroxylation is 1. The van der Waals surface area contributed by atoms with Crippen molar-refractivity contribution in [2.45, 2.75) is 25.8 Å². The van der Waals surface area contributed by atoms with E-state index in [2.05, 4.69) is 15.5 Å². The van der Waals surface area contributed by atoms with Crippen molar-refractivity contribution in [3.05, 3.63) is 41.8 Å². The molecule has 6 nitrogen and oxygen atoms in total. The topological polar surface area (TPSA) is 71.3 Å². The van der Waals surface area contributed by atoms with Gasteiger partial charge in [0.2, 0.25) is 0 Å². The summed E-state index contributed by atoms with van der Waals surface area (Å²) in [6, 6.07) is 9.56. The number of anilines is 1. The molecule has 2 aromatic heterocycles. The van der Waals surface area contributed by atoms with Crippen molar-refractivity contribution in [2.24, 2.45) is 0 Å². The van der Waals surface area contributed by atoms with Gasteiger partial charge in [0, 0.05) is 12.6 Å². The molecule has 118 valence electrons. The van der Waals surface area contributed by atoms with Crippen molar-refractivity contribution >= 4 is 32.7 Å². The lowest BCUT2D eigenvalue weighted by Crippen LogP contribution is -2.34. The molecule has 2 amide bonds. The fourth-order valence-corrected chi connectivity index (χ4v) is 3.79. The number of hydrogen-bond donors (Lipinski definition) is 1. The molecule has 1 aromatic carbocycles. The summed E-state index contributed by atoms with van der Waals surface area (Å²) in [4.78, 5) is 18.8. The molecule has 1 fully saturated rings. The molecule has 3 aromatic rings. The minimum Gasteiger partial charge on any atom is -0.359 e. The van der Waals surface area contributed by atoms with Gasteiger partial charge in [0.25, 0.3) is 0 Å². The molecule has 4 rings (SSSR count). The first-order valence-electron chi connectivity index (χ1n) is 7.57. The highest BCUT2D eigenvalue weighted by Crippen LogP contribution is 2.33. The molecule has 0 aliphatic carbocycles. The molecule has 0 saturated carbocycles. The van der Waals surface area contributed by atoms with Crippen LogP contribution in [0.3, 0.4) is 0 Å². The van der Waals surface area contributed by atoms with Crippen LogP contribution in [-0.4, -0.2) is 27.6 Å². The summed E-state index contributed by atoms with van der Waals surface area (Å²) in [6.07, 6.45) is 1.85. The van der Waals surface area contributed by atoms with Gasteiger partial charge in [0.05, 0.1) is 22.0 Å². The summed E-state index contributed by atoms with van der Waals surface area (Å²) in [5.74, 6) is 0.749. The Morgan fingerprint density at radius 3 is 3.09 bits per heavy atom. The molecule has 1 aliphatic heterocycles. The van der Waals surface area contributed by atoms with Gasteiger partial charge in [-0.15, -0.1) is 0 Å². The summed E-state index contributed by atoms with van der Waals surface area (Å²) in [6.45, 7) is 2.59. The number of thiazole rings is 1. The van der Waals surface area contributed by atoms with Gasteiger partial charge in [-0.1, -0.05) is 28.6 Å². The molecule has 0 spiro atoms. The first-order chi connectivity index (χ1) is 11.2. The number of hydrogen-bond acceptors (Lipinski definition) is 5. The number of carbonyl (C=O) groups is 1. The Kier molecular flexibility index (Phi) is 3.49. The van der Waals surface area contributed by atoms with Gasteiger partial charge in [0.15, 0.2) is 10.9 Å². The number of nitrogens with zero attached hydrogens (tertiary/aromatic N) is 3. The smallest absolute Gasteiger partial charge is 0.324 e. The normalized spacial score (nSPS) is 17.8. The van der Waals surface area contributed by atoms with Crippen LogP contribution in [0.2, 0.25) is 0 Å². The van der Waals surface area contributed by atoms with Crippen molar-refractivity contribution in [3.8, 4) is 0 Å². The number of aromatic nitrogens is 2. The van der Waals surface area contributed by atoms with Crippen LogP contribution in [0.5, 0.6) is 0 Å². The van der Waals surface area contributed by atoms with E-state index in [1.54, 1.807) is 4.90 Å². The molecule has 7 heteroatoms. The summed E-state index contributed by atoms with van der Waals surface area (Å²) in [5.41, 5.74) is 1.73. The summed E-state index contributed by atoms with van der Waals surface area (Å²) < 4.78 is 6.40. The molecule has 0 radical (unpaired) electrons. The lowest BCUT2D eigenvalue weighted by Gasteiger charge is -2.22. The predicted molar refractivity (Wildman–Crippen MR) is 88.6 cm³/mol. The average Bonchev–Trinajstić information content (AvgIpc) is 3.24. The zero-order valence-electron chi connectivity index (χ0n) is 12.7. The third-order valence-corrected chi connectivity index (χ3v) is 4.95. The highest BCUT2D eigenvalue weighted by Gasteiger charge is 2.33. The summed E-state index contributed by atoms with van der Waals surface area (Å²) in [5, 5.41) is 7.46. The molecular weight excluding hydrogens is 312 g/mol. The standard InChI is InChI=1S/C16H16N4O2S/c1-10-9-13(22-19-10)12-6-4-8-20(12)16(21)18-15-17-11-5-2-3-7-14(11)23-15/h2-3,5,7,9,12H,4,6,8H2,1H3,(H,17,18,21). The lowest BCUT2D eigenvalue weighted by atomic mass is 10.1. The Morgan fingerprint density at radius 1 is 1.43 bits per heavy atom. The Morgan fingerprint density at radius 2 is 2.30 bits per heavy atom. The molecule has 0 bridgehead atoms. The van der Waals surface area contributed by atoms with Gasteiger partial charge in [0.1, 0.15) is 0 Å². The van der Waals surface area contributed by atoms with E-state index >= 15 is 0 Å². The van der Waals surface area contributed by atoms with E-state index in [1.165, 1.54) is 11.3 Å². The van der Waals surface area contributed by atoms with E-state index in [-0.39, 0.29) is 12.1 Å². The van der Waals surface area contributed by atoms with Crippen LogP contribution in [0.4, 0.5) is 9.93 Å². The first-order valence-corrected chi connectivity index (χ1v) is 8.39. The largest absolute Gasteiger partial charge is 0.359 e. The van der Waals surface area contributed by atoms with Crippen molar-refractivity contribution in [2.75, 3.05) is 11.9 Å². The van der Waals surface area contributed by atoms with Gasteiger partial charge < -0.3 is 9.42 Å². The number of nitrogens with one attached hydrogen (secondary N) is 1. The Bertz CT molecular complexity index is 824. The number of rotatable bonds is 2. The highest BCUT2D eigenvalue weighted by atomic mass is 32.1. The predicted octanol–water partition coefficient (Wildman–Crippen LogP) is 3.96. The number of likely N-dealkylation sites (tertiary alicyclic amines) is 1. The van der Waals surface area contributed by atoms with E-state index < -0.39 is 0 Å². The summed E-state index contributed by atoms with van der Waals surface area (Å²) in [7, 11) is 0. The quantitative estimate of drug-likeness (QED) is 0.773. The zero-order valence-corrected chi connectivity index (χ0v) is 13.5. The van der Waals surface area contributed by atoms with Gasteiger partial charge in [-0.2, -0.15) is 0 Å². The third-order valence-electron chi connectivity index (χ3n) is 4.00. The Labute approximate surface area is 137 Å². The fourth-order valence-electron chi connectivity index (χ4n) is 2.93. The van der Waals surface area contributed by atoms with E-state index in [0.717, 1.165) is 34.5 Å². The molecule has 1 saturated heterocycles. The van der Waals surface area contributed by atoms with Crippen LogP contribution < -0.4 is 5.32 Å². The molecule has 1 aliphatic rings. The second-order valence-electron chi connectivity index (χ2n) is 5.64. The fraction of sp³-hybridized carbons (Fsp3) is 0.312. The molecule has 1 N–H and O–H groups in total. The Hall–Kier alpha value is -2.41. The second kappa shape index (κ2) is 5.66. The molecule has 1 unspecified atom stereocenters. The lowest BCUT2D eigenvalue weighted by molar-refractivity contribution is 0.195. The van der Waals surface area contributed by atoms with E-state index in [1.807, 2.05) is 37.3 Å². The number of carbonyl (C=O) groups excluding carboxylic acids is 1. The second-order valence-corrected chi connectivity index (χ2v) is 6.67. The minimum absolute atomic E-state index is 0.0504. The number of amides is 2. The van der Waals surface area contributed by atoms with Crippen LogP contribution in [0.1, 0.15) is 30.3 Å². The third kappa shape index (κ3) is 2.68. The van der Waals surface area contributed by atoms with Gasteiger partial charge in [-0.3, -0.25) is 5.32 Å². The van der Waals surface area contributed by atoms with E-state index in [0.29, 0.717) is 11.7 Å². The monoisotopic (exact) mass is 328 g/mol. The number of fused-ring (bicyclic) bond motifs is 1. The maximum atomic E-state index is 12.6. The van der Waals surface area contributed by atoms with Crippen molar-refractivity contribution in [1.82, 2.24) is 15.0 Å². The highest BCUT2D eigenvalue weighted by molar-refractivity contribution is 7.22. The van der Waals surface area contributed by atoms with Crippen molar-refractivity contribution in [3.63, 3.8) is 0 Å². The van der Waals surface area contributed by atoms with Crippen LogP contribution in [0.15, 0.2) is 34.9 Å². The van der Waals surface area contributed by atoms with Crippen LogP contribution in [0.25, 0.3) is 10.2 Å². The van der Waals surface area contributed by atoms with Gasteiger partial charge >= 0.3 is 6.03 Å². The Balaban J connectivity index is 1.53. The van der Waals surface area contributed by atoms with Crippen molar-refractivity contribution < 1.29 is 9.32 Å². The maximum absolute atomic E-state index is 12.6. The van der Waals surface area contributed by atoms with Crippen LogP contribution in [0, 0.1) is 6.92 Å². The number of urea groups is 1. The van der Waals surface area contributed by atoms with Crippen LogP contribution >= 0.6 is 11.3 Å². The molecule has 3 heterocycles. The molecular formula is C16H16N4O2S. The first kappa shape index (κ1) is 14.2. The van der Waals surface area contributed by atoms with Crippen molar-refractivity contribution in [1.29, 1.82) is 0 Å². The summed E-state index contributed by atoms with van der Waals surface area (Å²) >= 11 is 1.48. The van der Waals surface area contributed by atoms with Gasteiger partial charge in [-0.05, 0) is 31.9 Å². The molecule has 1 atom stereocenters. The van der Waals surface area contributed by atoms with Gasteiger partial charge in [-0.25, -0.2) is 9.78 Å². The molecule has 23 heavy (non-hydrogen) atoms. The maximum Gasteiger partial charge on any atom is 0.324 e. The minimum atomic E-state index is -0.138. The van der Waals surface area contributed by atoms with E-state index in [9.17, 15) is 4.79 Å².